The maximum atomic E-state index is 9.47. The van der Waals surface area contributed by atoms with Crippen molar-refractivity contribution in [2.24, 2.45) is 0 Å². The summed E-state index contributed by atoms with van der Waals surface area (Å²) in [5, 5.41) is 17.3. The molecule has 0 spiro atoms. The average molecular weight is 397 g/mol. The molecule has 0 radical (unpaired) electrons. The number of nitrogen functional groups attached to an aromatic ring is 1. The highest BCUT2D eigenvalue weighted by Crippen LogP contribution is 2.26. The minimum Gasteiger partial charge on any atom is -0.396 e. The summed E-state index contributed by atoms with van der Waals surface area (Å²) in [5.41, 5.74) is 8.34. The van der Waals surface area contributed by atoms with E-state index in [-0.39, 0.29) is 18.6 Å². The Hall–Kier alpha value is -3.01. The van der Waals surface area contributed by atoms with Gasteiger partial charge in [-0.3, -0.25) is 0 Å². The Balaban J connectivity index is 1.68. The van der Waals surface area contributed by atoms with Gasteiger partial charge in [0.05, 0.1) is 6.20 Å². The molecule has 4 N–H and O–H groups in total. The highest BCUT2D eigenvalue weighted by molar-refractivity contribution is 5.55. The second-order valence-corrected chi connectivity index (χ2v) is 7.26. The van der Waals surface area contributed by atoms with E-state index in [0.29, 0.717) is 18.4 Å². The highest BCUT2D eigenvalue weighted by Gasteiger charge is 2.26. The summed E-state index contributed by atoms with van der Waals surface area (Å²) >= 11 is 0. The lowest BCUT2D eigenvalue weighted by molar-refractivity contribution is 0.261. The molecule has 4 rings (SSSR count). The van der Waals surface area contributed by atoms with Gasteiger partial charge in [0.25, 0.3) is 0 Å². The van der Waals surface area contributed by atoms with Gasteiger partial charge in [0.2, 0.25) is 17.8 Å². The van der Waals surface area contributed by atoms with E-state index < -0.39 is 0 Å². The molecule has 10 nitrogen and oxygen atoms in total. The average Bonchev–Trinajstić information content (AvgIpc) is 3.17. The second kappa shape index (κ2) is 8.56. The summed E-state index contributed by atoms with van der Waals surface area (Å²) < 4.78 is 1.74. The maximum absolute atomic E-state index is 9.47. The van der Waals surface area contributed by atoms with Crippen molar-refractivity contribution in [3.8, 4) is 0 Å². The van der Waals surface area contributed by atoms with Gasteiger partial charge in [-0.1, -0.05) is 6.92 Å². The Morgan fingerprint density at radius 3 is 2.79 bits per heavy atom. The van der Waals surface area contributed by atoms with Crippen LogP contribution in [0.15, 0.2) is 18.6 Å². The zero-order chi connectivity index (χ0) is 20.2. The Labute approximate surface area is 169 Å². The number of nitrogens with zero attached hydrogens (tertiary/aromatic N) is 7. The minimum atomic E-state index is 0.165. The third-order valence-corrected chi connectivity index (χ3v) is 5.33. The number of aryl methyl sites for hydroxylation is 1. The molecule has 1 saturated heterocycles. The molecule has 1 fully saturated rings. The summed E-state index contributed by atoms with van der Waals surface area (Å²) in [6.45, 7) is 3.64. The van der Waals surface area contributed by atoms with Crippen LogP contribution in [-0.2, 0) is 13.0 Å². The fourth-order valence-electron chi connectivity index (χ4n) is 3.75. The van der Waals surface area contributed by atoms with Gasteiger partial charge >= 0.3 is 0 Å². The van der Waals surface area contributed by atoms with Crippen molar-refractivity contribution in [2.45, 2.75) is 51.6 Å². The summed E-state index contributed by atoms with van der Waals surface area (Å²) in [5.74, 6) is 1.55. The van der Waals surface area contributed by atoms with Crippen LogP contribution in [0, 0.1) is 0 Å². The van der Waals surface area contributed by atoms with Crippen LogP contribution in [0.3, 0.4) is 0 Å². The van der Waals surface area contributed by atoms with Crippen molar-refractivity contribution in [1.29, 1.82) is 0 Å². The first kappa shape index (κ1) is 19.3. The number of aliphatic hydroxyl groups excluding tert-OH is 1. The number of aliphatic hydroxyl groups is 1. The third kappa shape index (κ3) is 4.07. The number of hydrogen-bond donors (Lipinski definition) is 3. The molecule has 0 bridgehead atoms. The fourth-order valence-corrected chi connectivity index (χ4v) is 3.75. The molecule has 1 aliphatic heterocycles. The molecule has 3 aromatic rings. The number of nitrogens with one attached hydrogen (secondary N) is 1. The molecule has 0 saturated carbocycles. The summed E-state index contributed by atoms with van der Waals surface area (Å²) in [4.78, 5) is 19.9. The first-order chi connectivity index (χ1) is 14.2. The molecule has 154 valence electrons. The van der Waals surface area contributed by atoms with Crippen LogP contribution in [0.25, 0.3) is 5.65 Å². The van der Waals surface area contributed by atoms with Gasteiger partial charge in [-0.25, -0.2) is 9.97 Å². The van der Waals surface area contributed by atoms with E-state index in [1.54, 1.807) is 16.9 Å². The molecule has 0 aromatic carbocycles. The first-order valence-corrected chi connectivity index (χ1v) is 10.1. The normalized spacial score (nSPS) is 17.0. The predicted molar refractivity (Wildman–Crippen MR) is 111 cm³/mol. The van der Waals surface area contributed by atoms with Gasteiger partial charge in [-0.15, -0.1) is 0 Å². The van der Waals surface area contributed by atoms with Crippen molar-refractivity contribution in [3.05, 3.63) is 29.7 Å². The van der Waals surface area contributed by atoms with E-state index in [1.165, 1.54) is 6.42 Å². The molecule has 29 heavy (non-hydrogen) atoms. The lowest BCUT2D eigenvalue weighted by Gasteiger charge is -2.35. The number of rotatable bonds is 7. The molecular weight excluding hydrogens is 370 g/mol. The lowest BCUT2D eigenvalue weighted by atomic mass is 10.0. The van der Waals surface area contributed by atoms with Crippen LogP contribution in [0.2, 0.25) is 0 Å². The van der Waals surface area contributed by atoms with Gasteiger partial charge < -0.3 is 21.1 Å². The Kier molecular flexibility index (Phi) is 5.70. The van der Waals surface area contributed by atoms with Gasteiger partial charge in [-0.05, 0) is 32.1 Å². The standard InChI is InChI=1S/C19H27N9O/c1-2-14-12-24-28-16(14)25-19(27-7-4-3-5-15(27)6-8-29)26-18(28)23-11-13-9-21-17(20)22-10-13/h9-10,12,15,29H,2-8,11H2,1H3,(H2,20,21,22)(H,23,25,26)/t15-/m1/s1. The number of anilines is 3. The predicted octanol–water partition coefficient (Wildman–Crippen LogP) is 1.41. The third-order valence-electron chi connectivity index (χ3n) is 5.33. The van der Waals surface area contributed by atoms with Crippen LogP contribution in [-0.4, -0.2) is 53.9 Å². The molecule has 4 heterocycles. The van der Waals surface area contributed by atoms with Crippen molar-refractivity contribution < 1.29 is 5.11 Å². The van der Waals surface area contributed by atoms with Crippen molar-refractivity contribution in [1.82, 2.24) is 29.5 Å². The topological polar surface area (TPSA) is 130 Å². The fraction of sp³-hybridized carbons (Fsp3) is 0.526. The van der Waals surface area contributed by atoms with Gasteiger partial charge in [0.1, 0.15) is 0 Å². The van der Waals surface area contributed by atoms with Crippen molar-refractivity contribution in [3.63, 3.8) is 0 Å². The quantitative estimate of drug-likeness (QED) is 0.541. The Bertz CT molecular complexity index is 954. The highest BCUT2D eigenvalue weighted by atomic mass is 16.3. The number of piperidine rings is 1. The van der Waals surface area contributed by atoms with E-state index in [2.05, 4.69) is 32.2 Å². The van der Waals surface area contributed by atoms with E-state index >= 15 is 0 Å². The lowest BCUT2D eigenvalue weighted by Crippen LogP contribution is -2.41. The zero-order valence-electron chi connectivity index (χ0n) is 16.6. The number of hydrogen-bond acceptors (Lipinski definition) is 9. The first-order valence-electron chi connectivity index (χ1n) is 10.1. The molecule has 1 atom stereocenters. The van der Waals surface area contributed by atoms with Crippen LogP contribution >= 0.6 is 0 Å². The van der Waals surface area contributed by atoms with E-state index in [4.69, 9.17) is 15.7 Å². The summed E-state index contributed by atoms with van der Waals surface area (Å²) in [6.07, 6.45) is 10.1. The molecule has 1 aliphatic rings. The van der Waals surface area contributed by atoms with Gasteiger partial charge in [0, 0.05) is 49.3 Å². The summed E-state index contributed by atoms with van der Waals surface area (Å²) in [7, 11) is 0. The number of fused-ring (bicyclic) bond motifs is 1. The molecule has 10 heteroatoms. The molecule has 0 aliphatic carbocycles. The van der Waals surface area contributed by atoms with Crippen molar-refractivity contribution >= 4 is 23.5 Å². The monoisotopic (exact) mass is 397 g/mol. The van der Waals surface area contributed by atoms with Crippen molar-refractivity contribution in [2.75, 3.05) is 29.1 Å². The molecule has 0 amide bonds. The van der Waals surface area contributed by atoms with Gasteiger partial charge in [-0.2, -0.15) is 19.6 Å². The van der Waals surface area contributed by atoms with Crippen LogP contribution < -0.4 is 16.0 Å². The number of aromatic nitrogens is 6. The van der Waals surface area contributed by atoms with E-state index in [0.717, 1.165) is 49.0 Å². The van der Waals surface area contributed by atoms with Crippen LogP contribution in [0.1, 0.15) is 43.7 Å². The van der Waals surface area contributed by atoms with E-state index in [9.17, 15) is 5.11 Å². The van der Waals surface area contributed by atoms with Gasteiger partial charge in [0.15, 0.2) is 5.65 Å². The zero-order valence-corrected chi connectivity index (χ0v) is 16.6. The summed E-state index contributed by atoms with van der Waals surface area (Å²) in [6, 6.07) is 0.252. The SMILES string of the molecule is CCc1cnn2c(NCc3cnc(N)nc3)nc(N3CCCC[C@@H]3CCO)nc12. The van der Waals surface area contributed by atoms with Crippen LogP contribution in [0.4, 0.5) is 17.8 Å². The Morgan fingerprint density at radius 2 is 2.03 bits per heavy atom. The maximum Gasteiger partial charge on any atom is 0.230 e. The van der Waals surface area contributed by atoms with Crippen LogP contribution in [0.5, 0.6) is 0 Å². The van der Waals surface area contributed by atoms with E-state index in [1.807, 2.05) is 6.20 Å². The molecule has 0 unspecified atom stereocenters. The Morgan fingerprint density at radius 1 is 1.21 bits per heavy atom. The minimum absolute atomic E-state index is 0.165. The number of nitrogens with two attached hydrogens (primary N) is 1. The second-order valence-electron chi connectivity index (χ2n) is 7.26. The molecular formula is C19H27N9O. The largest absolute Gasteiger partial charge is 0.396 e. The smallest absolute Gasteiger partial charge is 0.230 e. The molecule has 3 aromatic heterocycles.